The number of nitrogen functional groups attached to an aromatic ring is 1. The number of likely N-dealkylation sites (N-methyl/N-ethyl adjacent to an activating group) is 1. The van der Waals surface area contributed by atoms with Gasteiger partial charge in [0, 0.05) is 25.8 Å². The lowest BCUT2D eigenvalue weighted by molar-refractivity contribution is -0.144. The average Bonchev–Trinajstić information content (AvgIpc) is 3.27. The number of benzene rings is 1. The van der Waals surface area contributed by atoms with Gasteiger partial charge in [-0.1, -0.05) is 32.9 Å². The molecule has 206 valence electrons. The van der Waals surface area contributed by atoms with E-state index >= 15 is 0 Å². The fraction of sp³-hybridized carbons (Fsp3) is 0.630. The molecule has 3 atom stereocenters. The Morgan fingerprint density at radius 3 is 2.38 bits per heavy atom. The highest BCUT2D eigenvalue weighted by Gasteiger charge is 2.42. The molecule has 0 saturated carbocycles. The molecule has 0 spiro atoms. The molecular weight excluding hydrogens is 474 g/mol. The summed E-state index contributed by atoms with van der Waals surface area (Å²) in [6.45, 7) is 13.1. The van der Waals surface area contributed by atoms with E-state index in [9.17, 15) is 19.2 Å². The lowest BCUT2D eigenvalue weighted by Crippen LogP contribution is -2.60. The van der Waals surface area contributed by atoms with Gasteiger partial charge in [0.1, 0.15) is 23.7 Å². The number of carbonyl (C=O) groups excluding carboxylic acids is 4. The maximum atomic E-state index is 13.7. The summed E-state index contributed by atoms with van der Waals surface area (Å²) in [5, 5.41) is 5.73. The third-order valence-corrected chi connectivity index (χ3v) is 6.30. The number of nitrogens with two attached hydrogens (primary N) is 1. The fourth-order valence-corrected chi connectivity index (χ4v) is 4.06. The van der Waals surface area contributed by atoms with Gasteiger partial charge in [-0.05, 0) is 63.6 Å². The molecule has 0 bridgehead atoms. The summed E-state index contributed by atoms with van der Waals surface area (Å²) in [5.41, 5.74) is 5.95. The van der Waals surface area contributed by atoms with Gasteiger partial charge in [0.05, 0.1) is 0 Å². The molecule has 1 heterocycles. The number of nitrogens with zero attached hydrogens (tertiary/aromatic N) is 2. The quantitative estimate of drug-likeness (QED) is 0.476. The van der Waals surface area contributed by atoms with Gasteiger partial charge in [-0.25, -0.2) is 4.79 Å². The van der Waals surface area contributed by atoms with E-state index in [0.29, 0.717) is 31.6 Å². The molecule has 10 nitrogen and oxygen atoms in total. The van der Waals surface area contributed by atoms with Crippen molar-refractivity contribution < 1.29 is 23.9 Å². The minimum absolute atomic E-state index is 0.245. The maximum absolute atomic E-state index is 13.7. The Kier molecular flexibility index (Phi) is 9.57. The number of likely N-dealkylation sites (tertiary alicyclic amines) is 1. The van der Waals surface area contributed by atoms with Gasteiger partial charge >= 0.3 is 6.09 Å². The van der Waals surface area contributed by atoms with Crippen LogP contribution in [0.15, 0.2) is 24.3 Å². The van der Waals surface area contributed by atoms with Crippen LogP contribution < -0.4 is 16.4 Å². The van der Waals surface area contributed by atoms with Gasteiger partial charge in [0.15, 0.2) is 0 Å². The number of hydrogen-bond acceptors (Lipinski definition) is 6. The molecule has 0 aliphatic carbocycles. The van der Waals surface area contributed by atoms with E-state index in [-0.39, 0.29) is 11.8 Å². The summed E-state index contributed by atoms with van der Waals surface area (Å²) in [6.07, 6.45) is 0.590. The SMILES string of the molecule is C[C@@H](C(=O)N[C@H](C(=O)N1CCC[C@H]1C(=O)NCc1cccc(N)c1)C(C)(C)C)N(C)C(=O)OC(C)(C)C. The predicted octanol–water partition coefficient (Wildman–Crippen LogP) is 2.66. The Labute approximate surface area is 220 Å². The summed E-state index contributed by atoms with van der Waals surface area (Å²) < 4.78 is 5.35. The highest BCUT2D eigenvalue weighted by molar-refractivity contribution is 5.94. The Morgan fingerprint density at radius 2 is 1.81 bits per heavy atom. The number of amides is 4. The van der Waals surface area contributed by atoms with Crippen LogP contribution in [0.5, 0.6) is 0 Å². The fourth-order valence-electron chi connectivity index (χ4n) is 4.06. The molecule has 2 rings (SSSR count). The van der Waals surface area contributed by atoms with Crippen LogP contribution in [-0.4, -0.2) is 70.9 Å². The van der Waals surface area contributed by atoms with Crippen LogP contribution >= 0.6 is 0 Å². The van der Waals surface area contributed by atoms with Crippen molar-refractivity contribution in [3.63, 3.8) is 0 Å². The number of nitrogens with one attached hydrogen (secondary N) is 2. The molecule has 1 saturated heterocycles. The van der Waals surface area contributed by atoms with E-state index in [1.165, 1.54) is 11.9 Å². The zero-order valence-corrected chi connectivity index (χ0v) is 23.4. The topological polar surface area (TPSA) is 134 Å². The van der Waals surface area contributed by atoms with Gasteiger partial charge in [0.2, 0.25) is 17.7 Å². The second kappa shape index (κ2) is 11.8. The zero-order valence-electron chi connectivity index (χ0n) is 23.4. The lowest BCUT2D eigenvalue weighted by atomic mass is 9.85. The van der Waals surface area contributed by atoms with Gasteiger partial charge in [-0.2, -0.15) is 0 Å². The van der Waals surface area contributed by atoms with Crippen LogP contribution in [-0.2, 0) is 25.7 Å². The van der Waals surface area contributed by atoms with E-state index < -0.39 is 41.1 Å². The summed E-state index contributed by atoms with van der Waals surface area (Å²) in [4.78, 5) is 55.0. The molecule has 4 amide bonds. The van der Waals surface area contributed by atoms with Crippen LogP contribution in [0, 0.1) is 5.41 Å². The van der Waals surface area contributed by atoms with Crippen LogP contribution in [0.1, 0.15) is 66.9 Å². The third-order valence-electron chi connectivity index (χ3n) is 6.30. The molecule has 1 aromatic rings. The summed E-state index contributed by atoms with van der Waals surface area (Å²) in [6, 6.07) is 4.86. The van der Waals surface area contributed by atoms with Crippen molar-refractivity contribution in [2.75, 3.05) is 19.3 Å². The van der Waals surface area contributed by atoms with Gasteiger partial charge < -0.3 is 26.0 Å². The standard InChI is InChI=1S/C27H43N5O5/c1-17(31(8)25(36)37-27(5,6)7)22(33)30-21(26(2,3)4)24(35)32-14-10-13-20(32)23(34)29-16-18-11-9-12-19(28)15-18/h9,11-12,15,17,20-21H,10,13-14,16,28H2,1-8H3,(H,29,34)(H,30,33)/t17-,20-,21+/m0/s1. The monoisotopic (exact) mass is 517 g/mol. The van der Waals surface area contributed by atoms with Crippen LogP contribution in [0.4, 0.5) is 10.5 Å². The number of anilines is 1. The Morgan fingerprint density at radius 1 is 1.16 bits per heavy atom. The van der Waals surface area contributed by atoms with E-state index in [4.69, 9.17) is 10.5 Å². The minimum atomic E-state index is -0.892. The van der Waals surface area contributed by atoms with Crippen molar-refractivity contribution in [3.05, 3.63) is 29.8 Å². The molecule has 1 aliphatic heterocycles. The first-order chi connectivity index (χ1) is 17.0. The third kappa shape index (κ3) is 8.36. The number of rotatable bonds is 7. The molecule has 1 aromatic carbocycles. The maximum Gasteiger partial charge on any atom is 0.410 e. The number of ether oxygens (including phenoxy) is 1. The number of carbonyl (C=O) groups is 4. The molecule has 0 unspecified atom stereocenters. The Bertz CT molecular complexity index is 998. The second-order valence-corrected chi connectivity index (χ2v) is 11.7. The Hall–Kier alpha value is -3.30. The summed E-state index contributed by atoms with van der Waals surface area (Å²) in [5.74, 6) is -1.05. The predicted molar refractivity (Wildman–Crippen MR) is 142 cm³/mol. The largest absolute Gasteiger partial charge is 0.444 e. The summed E-state index contributed by atoms with van der Waals surface area (Å²) >= 11 is 0. The first-order valence-corrected chi connectivity index (χ1v) is 12.7. The Balaban J connectivity index is 2.11. The smallest absolute Gasteiger partial charge is 0.410 e. The van der Waals surface area contributed by atoms with Gasteiger partial charge in [-0.3, -0.25) is 19.3 Å². The normalized spacial score (nSPS) is 17.5. The minimum Gasteiger partial charge on any atom is -0.444 e. The lowest BCUT2D eigenvalue weighted by Gasteiger charge is -2.36. The van der Waals surface area contributed by atoms with Gasteiger partial charge in [0.25, 0.3) is 0 Å². The van der Waals surface area contributed by atoms with Crippen LogP contribution in [0.2, 0.25) is 0 Å². The van der Waals surface area contributed by atoms with Gasteiger partial charge in [-0.15, -0.1) is 0 Å². The molecule has 0 aromatic heterocycles. The van der Waals surface area contributed by atoms with E-state index in [2.05, 4.69) is 10.6 Å². The first-order valence-electron chi connectivity index (χ1n) is 12.7. The van der Waals surface area contributed by atoms with Crippen LogP contribution in [0.3, 0.4) is 0 Å². The van der Waals surface area contributed by atoms with E-state index in [0.717, 1.165) is 5.56 Å². The van der Waals surface area contributed by atoms with E-state index in [1.54, 1.807) is 44.7 Å². The molecule has 10 heteroatoms. The molecule has 4 N–H and O–H groups in total. The van der Waals surface area contributed by atoms with Crippen molar-refractivity contribution in [1.29, 1.82) is 0 Å². The first kappa shape index (κ1) is 29.9. The zero-order chi connectivity index (χ0) is 28.1. The van der Waals surface area contributed by atoms with E-state index in [1.807, 2.05) is 32.9 Å². The highest BCUT2D eigenvalue weighted by atomic mass is 16.6. The molecular formula is C27H43N5O5. The van der Waals surface area contributed by atoms with Crippen molar-refractivity contribution in [3.8, 4) is 0 Å². The highest BCUT2D eigenvalue weighted by Crippen LogP contribution is 2.26. The molecule has 0 radical (unpaired) electrons. The van der Waals surface area contributed by atoms with Crippen molar-refractivity contribution in [2.24, 2.45) is 5.41 Å². The molecule has 1 aliphatic rings. The van der Waals surface area contributed by atoms with Crippen molar-refractivity contribution in [2.45, 2.75) is 91.6 Å². The number of hydrogen-bond donors (Lipinski definition) is 3. The molecule has 1 fully saturated rings. The average molecular weight is 518 g/mol. The summed E-state index contributed by atoms with van der Waals surface area (Å²) in [7, 11) is 1.48. The van der Waals surface area contributed by atoms with Crippen molar-refractivity contribution >= 4 is 29.5 Å². The second-order valence-electron chi connectivity index (χ2n) is 11.7. The van der Waals surface area contributed by atoms with Crippen LogP contribution in [0.25, 0.3) is 0 Å². The van der Waals surface area contributed by atoms with Crippen molar-refractivity contribution in [1.82, 2.24) is 20.4 Å². The molecule has 37 heavy (non-hydrogen) atoms.